The molecule has 1 saturated heterocycles. The predicted octanol–water partition coefficient (Wildman–Crippen LogP) is 1.28. The molecule has 0 unspecified atom stereocenters. The SMILES string of the molecule is CC[C@H]1OC(=O)NC1(C)C. The van der Waals surface area contributed by atoms with Crippen LogP contribution in [0.4, 0.5) is 4.79 Å². The standard InChI is InChI=1S/C7H13NO2/c1-4-5-7(2,3)8-6(9)10-5/h5H,4H2,1-3H3,(H,8,9)/t5-/m1/s1. The van der Waals surface area contributed by atoms with E-state index in [1.165, 1.54) is 0 Å². The van der Waals surface area contributed by atoms with Gasteiger partial charge in [-0.25, -0.2) is 4.79 Å². The fourth-order valence-corrected chi connectivity index (χ4v) is 1.24. The number of cyclic esters (lactones) is 1. The number of hydrogen-bond donors (Lipinski definition) is 1. The van der Waals surface area contributed by atoms with Gasteiger partial charge in [-0.2, -0.15) is 0 Å². The molecular weight excluding hydrogens is 130 g/mol. The highest BCUT2D eigenvalue weighted by Crippen LogP contribution is 2.21. The Morgan fingerprint density at radius 1 is 1.70 bits per heavy atom. The van der Waals surface area contributed by atoms with Crippen LogP contribution in [-0.2, 0) is 4.74 Å². The normalized spacial score (nSPS) is 29.5. The molecule has 0 saturated carbocycles. The summed E-state index contributed by atoms with van der Waals surface area (Å²) in [5, 5.41) is 2.73. The van der Waals surface area contributed by atoms with Crippen molar-refractivity contribution in [3.63, 3.8) is 0 Å². The second-order valence-corrected chi connectivity index (χ2v) is 3.15. The van der Waals surface area contributed by atoms with Crippen LogP contribution in [0, 0.1) is 0 Å². The zero-order valence-corrected chi connectivity index (χ0v) is 6.60. The second kappa shape index (κ2) is 2.15. The molecule has 3 nitrogen and oxygen atoms in total. The molecule has 10 heavy (non-hydrogen) atoms. The maximum Gasteiger partial charge on any atom is 0.408 e. The molecule has 1 rings (SSSR count). The van der Waals surface area contributed by atoms with E-state index in [0.717, 1.165) is 6.42 Å². The Labute approximate surface area is 60.7 Å². The fraction of sp³-hybridized carbons (Fsp3) is 0.857. The van der Waals surface area contributed by atoms with Gasteiger partial charge in [-0.1, -0.05) is 6.92 Å². The van der Waals surface area contributed by atoms with E-state index in [9.17, 15) is 4.79 Å². The van der Waals surface area contributed by atoms with Crippen molar-refractivity contribution < 1.29 is 9.53 Å². The van der Waals surface area contributed by atoms with E-state index < -0.39 is 0 Å². The van der Waals surface area contributed by atoms with Crippen molar-refractivity contribution in [1.82, 2.24) is 5.32 Å². The molecule has 1 aliphatic heterocycles. The minimum absolute atomic E-state index is 0.0278. The van der Waals surface area contributed by atoms with E-state index in [1.54, 1.807) is 0 Å². The molecule has 0 aliphatic carbocycles. The van der Waals surface area contributed by atoms with Crippen LogP contribution in [0.1, 0.15) is 27.2 Å². The lowest BCUT2D eigenvalue weighted by atomic mass is 9.97. The number of amides is 1. The number of ether oxygens (including phenoxy) is 1. The smallest absolute Gasteiger partial charge is 0.408 e. The number of alkyl carbamates (subject to hydrolysis) is 1. The van der Waals surface area contributed by atoms with Gasteiger partial charge in [0.1, 0.15) is 6.10 Å². The maximum absolute atomic E-state index is 10.7. The van der Waals surface area contributed by atoms with Crippen LogP contribution in [0.5, 0.6) is 0 Å². The number of carbonyl (C=O) groups excluding carboxylic acids is 1. The van der Waals surface area contributed by atoms with Crippen molar-refractivity contribution in [3.8, 4) is 0 Å². The zero-order valence-electron chi connectivity index (χ0n) is 6.60. The summed E-state index contributed by atoms with van der Waals surface area (Å²) in [6, 6.07) is 0. The van der Waals surface area contributed by atoms with Gasteiger partial charge < -0.3 is 10.1 Å². The highest BCUT2D eigenvalue weighted by atomic mass is 16.6. The Bertz CT molecular complexity index is 154. The number of hydrogen-bond acceptors (Lipinski definition) is 2. The molecule has 58 valence electrons. The molecule has 1 fully saturated rings. The monoisotopic (exact) mass is 143 g/mol. The van der Waals surface area contributed by atoms with Crippen LogP contribution in [-0.4, -0.2) is 17.7 Å². The first-order chi connectivity index (χ1) is 4.56. The van der Waals surface area contributed by atoms with Crippen LogP contribution < -0.4 is 5.32 Å². The van der Waals surface area contributed by atoms with Gasteiger partial charge in [0, 0.05) is 0 Å². The third-order valence-electron chi connectivity index (χ3n) is 1.85. The van der Waals surface area contributed by atoms with E-state index in [0.29, 0.717) is 0 Å². The minimum Gasteiger partial charge on any atom is -0.444 e. The summed E-state index contributed by atoms with van der Waals surface area (Å²) in [5.41, 5.74) is -0.189. The Hall–Kier alpha value is -0.730. The maximum atomic E-state index is 10.7. The lowest BCUT2D eigenvalue weighted by Gasteiger charge is -2.21. The van der Waals surface area contributed by atoms with Crippen LogP contribution in [0.15, 0.2) is 0 Å². The molecule has 1 amide bonds. The van der Waals surface area contributed by atoms with E-state index in [-0.39, 0.29) is 17.7 Å². The summed E-state index contributed by atoms with van der Waals surface area (Å²) in [5.74, 6) is 0. The fourth-order valence-electron chi connectivity index (χ4n) is 1.24. The molecule has 1 aliphatic rings. The quantitative estimate of drug-likeness (QED) is 0.600. The molecule has 0 bridgehead atoms. The van der Waals surface area contributed by atoms with Gasteiger partial charge in [0.2, 0.25) is 0 Å². The third kappa shape index (κ3) is 1.08. The third-order valence-corrected chi connectivity index (χ3v) is 1.85. The molecule has 1 heterocycles. The van der Waals surface area contributed by atoms with Crippen molar-refractivity contribution >= 4 is 6.09 Å². The first-order valence-electron chi connectivity index (χ1n) is 3.55. The van der Waals surface area contributed by atoms with Crippen molar-refractivity contribution in [2.45, 2.75) is 38.8 Å². The molecular formula is C7H13NO2. The van der Waals surface area contributed by atoms with E-state index in [1.807, 2.05) is 20.8 Å². The van der Waals surface area contributed by atoms with Crippen molar-refractivity contribution in [2.24, 2.45) is 0 Å². The van der Waals surface area contributed by atoms with Crippen LogP contribution >= 0.6 is 0 Å². The highest BCUT2D eigenvalue weighted by Gasteiger charge is 2.39. The Kier molecular flexibility index (Phi) is 1.58. The molecule has 0 radical (unpaired) electrons. The summed E-state index contributed by atoms with van der Waals surface area (Å²) in [7, 11) is 0. The molecule has 0 spiro atoms. The molecule has 1 atom stereocenters. The zero-order chi connectivity index (χ0) is 7.78. The lowest BCUT2D eigenvalue weighted by molar-refractivity contribution is 0.114. The topological polar surface area (TPSA) is 38.3 Å². The van der Waals surface area contributed by atoms with Gasteiger partial charge in [-0.3, -0.25) is 0 Å². The summed E-state index contributed by atoms with van der Waals surface area (Å²) >= 11 is 0. The molecule has 0 aromatic heterocycles. The first kappa shape index (κ1) is 7.38. The van der Waals surface area contributed by atoms with Gasteiger partial charge in [-0.05, 0) is 20.3 Å². The van der Waals surface area contributed by atoms with Gasteiger partial charge >= 0.3 is 6.09 Å². The lowest BCUT2D eigenvalue weighted by Crippen LogP contribution is -2.41. The van der Waals surface area contributed by atoms with Crippen LogP contribution in [0.3, 0.4) is 0 Å². The number of carbonyl (C=O) groups is 1. The van der Waals surface area contributed by atoms with E-state index >= 15 is 0 Å². The Morgan fingerprint density at radius 3 is 2.50 bits per heavy atom. The second-order valence-electron chi connectivity index (χ2n) is 3.15. The summed E-state index contributed by atoms with van der Waals surface area (Å²) in [4.78, 5) is 10.7. The molecule has 0 aromatic rings. The highest BCUT2D eigenvalue weighted by molar-refractivity contribution is 5.71. The number of rotatable bonds is 1. The van der Waals surface area contributed by atoms with Gasteiger partial charge in [0.05, 0.1) is 5.54 Å². The predicted molar refractivity (Wildman–Crippen MR) is 37.8 cm³/mol. The largest absolute Gasteiger partial charge is 0.444 e. The van der Waals surface area contributed by atoms with Gasteiger partial charge in [0.15, 0.2) is 0 Å². The van der Waals surface area contributed by atoms with Gasteiger partial charge in [0.25, 0.3) is 0 Å². The van der Waals surface area contributed by atoms with Crippen molar-refractivity contribution in [2.75, 3.05) is 0 Å². The van der Waals surface area contributed by atoms with Crippen molar-refractivity contribution in [1.29, 1.82) is 0 Å². The molecule has 3 heteroatoms. The average Bonchev–Trinajstić information content (AvgIpc) is 2.04. The molecule has 1 N–H and O–H groups in total. The van der Waals surface area contributed by atoms with Crippen molar-refractivity contribution in [3.05, 3.63) is 0 Å². The number of nitrogens with one attached hydrogen (secondary N) is 1. The Morgan fingerprint density at radius 2 is 2.30 bits per heavy atom. The van der Waals surface area contributed by atoms with Gasteiger partial charge in [-0.15, -0.1) is 0 Å². The minimum atomic E-state index is -0.295. The van der Waals surface area contributed by atoms with Crippen LogP contribution in [0.25, 0.3) is 0 Å². The average molecular weight is 143 g/mol. The molecule has 0 aromatic carbocycles. The Balaban J connectivity index is 2.67. The summed E-state index contributed by atoms with van der Waals surface area (Å²) in [6.07, 6.45) is 0.600. The first-order valence-corrected chi connectivity index (χ1v) is 3.55. The van der Waals surface area contributed by atoms with E-state index in [4.69, 9.17) is 4.74 Å². The summed E-state index contributed by atoms with van der Waals surface area (Å²) < 4.78 is 4.98. The van der Waals surface area contributed by atoms with E-state index in [2.05, 4.69) is 5.32 Å². The van der Waals surface area contributed by atoms with Crippen LogP contribution in [0.2, 0.25) is 0 Å². The summed E-state index contributed by atoms with van der Waals surface area (Å²) in [6.45, 7) is 5.94.